The zero-order chi connectivity index (χ0) is 9.26. The van der Waals surface area contributed by atoms with E-state index in [1.165, 1.54) is 11.1 Å². The second-order valence-electron chi connectivity index (χ2n) is 3.44. The van der Waals surface area contributed by atoms with Crippen molar-refractivity contribution in [2.75, 3.05) is 0 Å². The molecule has 0 N–H and O–H groups in total. The molecule has 0 heterocycles. The molecule has 0 saturated heterocycles. The lowest BCUT2D eigenvalue weighted by molar-refractivity contribution is 0.695. The standard InChI is InChI=1S/C11H10ClN/c12-10-4-3-8-1-2-9(5-6-13)11(8)7-10/h3-4,7,9H,1-2,5H2. The van der Waals surface area contributed by atoms with E-state index in [1.807, 2.05) is 12.1 Å². The van der Waals surface area contributed by atoms with Crippen molar-refractivity contribution in [3.63, 3.8) is 0 Å². The molecule has 0 radical (unpaired) electrons. The SMILES string of the molecule is N#CCC1CCc2ccc(Cl)cc21. The van der Waals surface area contributed by atoms with E-state index in [4.69, 9.17) is 16.9 Å². The van der Waals surface area contributed by atoms with Crippen LogP contribution < -0.4 is 0 Å². The third-order valence-electron chi connectivity index (χ3n) is 2.65. The Labute approximate surface area is 82.9 Å². The molecular weight excluding hydrogens is 182 g/mol. The number of fused-ring (bicyclic) bond motifs is 1. The fourth-order valence-corrected chi connectivity index (χ4v) is 2.16. The van der Waals surface area contributed by atoms with Gasteiger partial charge in [-0.05, 0) is 42.0 Å². The second kappa shape index (κ2) is 3.40. The largest absolute Gasteiger partial charge is 0.198 e. The maximum Gasteiger partial charge on any atom is 0.0628 e. The first-order valence-corrected chi connectivity index (χ1v) is 4.84. The number of nitrogens with zero attached hydrogens (tertiary/aromatic N) is 1. The molecule has 0 aliphatic heterocycles. The molecule has 1 aliphatic rings. The molecule has 66 valence electrons. The number of hydrogen-bond acceptors (Lipinski definition) is 1. The number of halogens is 1. The van der Waals surface area contributed by atoms with Gasteiger partial charge in [0.05, 0.1) is 6.07 Å². The van der Waals surface area contributed by atoms with E-state index in [0.29, 0.717) is 12.3 Å². The molecule has 1 atom stereocenters. The van der Waals surface area contributed by atoms with E-state index >= 15 is 0 Å². The summed E-state index contributed by atoms with van der Waals surface area (Å²) in [6, 6.07) is 8.24. The van der Waals surface area contributed by atoms with Crippen molar-refractivity contribution >= 4 is 11.6 Å². The maximum atomic E-state index is 8.64. The number of benzene rings is 1. The molecule has 1 aliphatic carbocycles. The predicted octanol–water partition coefficient (Wildman–Crippen LogP) is 3.28. The Morgan fingerprint density at radius 1 is 1.54 bits per heavy atom. The summed E-state index contributed by atoms with van der Waals surface area (Å²) >= 11 is 5.91. The van der Waals surface area contributed by atoms with Crippen molar-refractivity contribution in [2.45, 2.75) is 25.2 Å². The Kier molecular flexibility index (Phi) is 2.24. The van der Waals surface area contributed by atoms with E-state index < -0.39 is 0 Å². The first-order chi connectivity index (χ1) is 6.31. The Bertz CT molecular complexity index is 365. The molecule has 0 amide bonds. The highest BCUT2D eigenvalue weighted by molar-refractivity contribution is 6.30. The lowest BCUT2D eigenvalue weighted by atomic mass is 9.99. The van der Waals surface area contributed by atoms with Crippen LogP contribution in [-0.2, 0) is 6.42 Å². The van der Waals surface area contributed by atoms with Crippen LogP contribution in [0.3, 0.4) is 0 Å². The van der Waals surface area contributed by atoms with Crippen LogP contribution in [0.25, 0.3) is 0 Å². The van der Waals surface area contributed by atoms with Crippen molar-refractivity contribution in [3.05, 3.63) is 34.3 Å². The minimum Gasteiger partial charge on any atom is -0.198 e. The van der Waals surface area contributed by atoms with Crippen LogP contribution in [0.15, 0.2) is 18.2 Å². The first kappa shape index (κ1) is 8.59. The van der Waals surface area contributed by atoms with Crippen LogP contribution in [0.1, 0.15) is 29.9 Å². The molecule has 2 heteroatoms. The zero-order valence-electron chi connectivity index (χ0n) is 7.26. The Morgan fingerprint density at radius 3 is 3.15 bits per heavy atom. The van der Waals surface area contributed by atoms with E-state index in [-0.39, 0.29) is 0 Å². The van der Waals surface area contributed by atoms with Gasteiger partial charge in [0.25, 0.3) is 0 Å². The van der Waals surface area contributed by atoms with Gasteiger partial charge < -0.3 is 0 Å². The van der Waals surface area contributed by atoms with Gasteiger partial charge in [0.15, 0.2) is 0 Å². The lowest BCUT2D eigenvalue weighted by Crippen LogP contribution is -1.91. The third-order valence-corrected chi connectivity index (χ3v) is 2.88. The Morgan fingerprint density at radius 2 is 2.38 bits per heavy atom. The van der Waals surface area contributed by atoms with Gasteiger partial charge in [-0.2, -0.15) is 5.26 Å². The number of rotatable bonds is 1. The smallest absolute Gasteiger partial charge is 0.0628 e. The minimum absolute atomic E-state index is 0.415. The van der Waals surface area contributed by atoms with Gasteiger partial charge in [-0.3, -0.25) is 0 Å². The molecule has 2 rings (SSSR count). The summed E-state index contributed by atoms with van der Waals surface area (Å²) in [7, 11) is 0. The minimum atomic E-state index is 0.415. The molecule has 0 fully saturated rings. The summed E-state index contributed by atoms with van der Waals surface area (Å²) in [5.41, 5.74) is 2.65. The van der Waals surface area contributed by atoms with Gasteiger partial charge in [-0.15, -0.1) is 0 Å². The molecule has 0 spiro atoms. The predicted molar refractivity (Wildman–Crippen MR) is 52.7 cm³/mol. The highest BCUT2D eigenvalue weighted by Crippen LogP contribution is 2.36. The zero-order valence-corrected chi connectivity index (χ0v) is 8.01. The van der Waals surface area contributed by atoms with Gasteiger partial charge in [0.2, 0.25) is 0 Å². The Balaban J connectivity index is 2.36. The van der Waals surface area contributed by atoms with Gasteiger partial charge in [-0.1, -0.05) is 17.7 Å². The molecule has 0 bridgehead atoms. The monoisotopic (exact) mass is 191 g/mol. The van der Waals surface area contributed by atoms with Crippen LogP contribution in [-0.4, -0.2) is 0 Å². The molecule has 1 aromatic carbocycles. The summed E-state index contributed by atoms with van der Waals surface area (Å²) in [4.78, 5) is 0. The molecule has 1 nitrogen and oxygen atoms in total. The van der Waals surface area contributed by atoms with Crippen molar-refractivity contribution in [1.82, 2.24) is 0 Å². The molecule has 13 heavy (non-hydrogen) atoms. The summed E-state index contributed by atoms with van der Waals surface area (Å²) < 4.78 is 0. The fraction of sp³-hybridized carbons (Fsp3) is 0.364. The maximum absolute atomic E-state index is 8.64. The fourth-order valence-electron chi connectivity index (χ4n) is 1.98. The van der Waals surface area contributed by atoms with Crippen molar-refractivity contribution in [1.29, 1.82) is 5.26 Å². The van der Waals surface area contributed by atoms with Gasteiger partial charge in [0.1, 0.15) is 0 Å². The lowest BCUT2D eigenvalue weighted by Gasteiger charge is -2.06. The van der Waals surface area contributed by atoms with E-state index in [0.717, 1.165) is 17.9 Å². The summed E-state index contributed by atoms with van der Waals surface area (Å²) in [5, 5.41) is 9.42. The molecule has 0 aromatic heterocycles. The van der Waals surface area contributed by atoms with Gasteiger partial charge >= 0.3 is 0 Å². The number of aryl methyl sites for hydroxylation is 1. The highest BCUT2D eigenvalue weighted by Gasteiger charge is 2.21. The molecule has 0 saturated carbocycles. The normalized spacial score (nSPS) is 19.5. The van der Waals surface area contributed by atoms with E-state index in [9.17, 15) is 0 Å². The van der Waals surface area contributed by atoms with Crippen LogP contribution in [0, 0.1) is 11.3 Å². The average molecular weight is 192 g/mol. The van der Waals surface area contributed by atoms with Gasteiger partial charge in [-0.25, -0.2) is 0 Å². The summed E-state index contributed by atoms with van der Waals surface area (Å²) in [5.74, 6) is 0.415. The average Bonchev–Trinajstić information content (AvgIpc) is 2.49. The number of nitriles is 1. The Hall–Kier alpha value is -1.00. The van der Waals surface area contributed by atoms with Crippen LogP contribution in [0.5, 0.6) is 0 Å². The van der Waals surface area contributed by atoms with Crippen LogP contribution >= 0.6 is 11.6 Å². The first-order valence-electron chi connectivity index (χ1n) is 4.46. The topological polar surface area (TPSA) is 23.8 Å². The third kappa shape index (κ3) is 1.55. The van der Waals surface area contributed by atoms with E-state index in [2.05, 4.69) is 12.1 Å². The second-order valence-corrected chi connectivity index (χ2v) is 3.88. The summed E-state index contributed by atoms with van der Waals surface area (Å²) in [6.07, 6.45) is 2.81. The molecule has 1 aromatic rings. The number of hydrogen-bond donors (Lipinski definition) is 0. The molecule has 1 unspecified atom stereocenters. The quantitative estimate of drug-likeness (QED) is 0.669. The molecular formula is C11H10ClN. The van der Waals surface area contributed by atoms with Crippen molar-refractivity contribution in [2.24, 2.45) is 0 Å². The van der Waals surface area contributed by atoms with Crippen molar-refractivity contribution in [3.8, 4) is 6.07 Å². The van der Waals surface area contributed by atoms with Crippen LogP contribution in [0.2, 0.25) is 5.02 Å². The summed E-state index contributed by atoms with van der Waals surface area (Å²) in [6.45, 7) is 0. The van der Waals surface area contributed by atoms with E-state index in [1.54, 1.807) is 0 Å². The van der Waals surface area contributed by atoms with Crippen LogP contribution in [0.4, 0.5) is 0 Å². The van der Waals surface area contributed by atoms with Crippen molar-refractivity contribution < 1.29 is 0 Å². The highest BCUT2D eigenvalue weighted by atomic mass is 35.5. The van der Waals surface area contributed by atoms with Gasteiger partial charge in [0, 0.05) is 11.4 Å².